The molecule has 0 bridgehead atoms. The summed E-state index contributed by atoms with van der Waals surface area (Å²) in [7, 11) is 1.46. The number of carbonyl (C=O) groups excluding carboxylic acids is 1. The maximum absolute atomic E-state index is 11.1. The van der Waals surface area contributed by atoms with Gasteiger partial charge in [-0.2, -0.15) is 0 Å². The smallest absolute Gasteiger partial charge is 0.412 e. The molecule has 88 valence electrons. The van der Waals surface area contributed by atoms with Crippen LogP contribution >= 0.6 is 0 Å². The van der Waals surface area contributed by atoms with E-state index in [1.807, 2.05) is 13.8 Å². The molecule has 0 atom stereocenters. The summed E-state index contributed by atoms with van der Waals surface area (Å²) in [6, 6.07) is 4.30. The fourth-order valence-electron chi connectivity index (χ4n) is 1.08. The largest absolute Gasteiger partial charge is 0.508 e. The van der Waals surface area contributed by atoms with E-state index in [-0.39, 0.29) is 17.6 Å². The average Bonchev–Trinajstić information content (AvgIpc) is 2.21. The van der Waals surface area contributed by atoms with Gasteiger partial charge in [-0.25, -0.2) is 4.79 Å². The highest BCUT2D eigenvalue weighted by Crippen LogP contribution is 2.31. The lowest BCUT2D eigenvalue weighted by Crippen LogP contribution is -2.22. The third-order valence-electron chi connectivity index (χ3n) is 1.70. The van der Waals surface area contributed by atoms with Gasteiger partial charge in [0.15, 0.2) is 11.5 Å². The highest BCUT2D eigenvalue weighted by molar-refractivity contribution is 5.71. The third kappa shape index (κ3) is 3.34. The first-order valence-electron chi connectivity index (χ1n) is 4.92. The Kier molecular flexibility index (Phi) is 3.99. The van der Waals surface area contributed by atoms with Crippen molar-refractivity contribution in [3.8, 4) is 17.2 Å². The Labute approximate surface area is 94.0 Å². The molecular formula is C11H15NO4. The highest BCUT2D eigenvalue weighted by Gasteiger charge is 2.11. The maximum atomic E-state index is 11.1. The summed E-state index contributed by atoms with van der Waals surface area (Å²) >= 11 is 0. The van der Waals surface area contributed by atoms with Gasteiger partial charge in [0.25, 0.3) is 0 Å². The molecule has 5 nitrogen and oxygen atoms in total. The van der Waals surface area contributed by atoms with Crippen LogP contribution < -0.4 is 14.8 Å². The van der Waals surface area contributed by atoms with Crippen LogP contribution in [0.15, 0.2) is 18.2 Å². The minimum Gasteiger partial charge on any atom is -0.508 e. The van der Waals surface area contributed by atoms with Crippen molar-refractivity contribution in [2.24, 2.45) is 0 Å². The van der Waals surface area contributed by atoms with Gasteiger partial charge in [-0.15, -0.1) is 0 Å². The molecule has 0 spiro atoms. The lowest BCUT2D eigenvalue weighted by Gasteiger charge is -2.14. The van der Waals surface area contributed by atoms with Crippen molar-refractivity contribution >= 4 is 6.09 Å². The number of benzene rings is 1. The Bertz CT molecular complexity index is 376. The molecule has 1 rings (SSSR count). The van der Waals surface area contributed by atoms with E-state index in [0.29, 0.717) is 5.75 Å². The van der Waals surface area contributed by atoms with Crippen molar-refractivity contribution in [2.45, 2.75) is 20.0 Å². The van der Waals surface area contributed by atoms with Gasteiger partial charge in [-0.05, 0) is 26.0 Å². The van der Waals surface area contributed by atoms with Crippen LogP contribution in [-0.4, -0.2) is 24.4 Å². The number of phenolic OH excluding ortho intramolecular Hbond substituents is 1. The molecule has 0 aliphatic rings. The number of phenols is 1. The van der Waals surface area contributed by atoms with E-state index >= 15 is 0 Å². The molecule has 1 aromatic carbocycles. The molecule has 0 aromatic heterocycles. The van der Waals surface area contributed by atoms with Gasteiger partial charge in [-0.3, -0.25) is 0 Å². The van der Waals surface area contributed by atoms with Crippen molar-refractivity contribution < 1.29 is 19.4 Å². The van der Waals surface area contributed by atoms with Crippen LogP contribution in [-0.2, 0) is 0 Å². The van der Waals surface area contributed by atoms with Gasteiger partial charge in [0, 0.05) is 13.1 Å². The lowest BCUT2D eigenvalue weighted by molar-refractivity contribution is 0.193. The summed E-state index contributed by atoms with van der Waals surface area (Å²) in [6.45, 7) is 3.68. The van der Waals surface area contributed by atoms with Crippen molar-refractivity contribution in [2.75, 3.05) is 7.05 Å². The second kappa shape index (κ2) is 5.25. The van der Waals surface area contributed by atoms with Gasteiger partial charge in [0.1, 0.15) is 5.75 Å². The molecule has 0 saturated carbocycles. The standard InChI is InChI=1S/C11H15NO4/c1-7(2)15-10-6-8(13)4-5-9(10)16-11(14)12-3/h4-7,13H,1-3H3,(H,12,14). The van der Waals surface area contributed by atoms with Crippen molar-refractivity contribution in [1.82, 2.24) is 5.32 Å². The van der Waals surface area contributed by atoms with E-state index in [2.05, 4.69) is 5.32 Å². The first kappa shape index (κ1) is 12.2. The molecule has 0 fully saturated rings. The highest BCUT2D eigenvalue weighted by atomic mass is 16.6. The van der Waals surface area contributed by atoms with E-state index in [1.54, 1.807) is 0 Å². The lowest BCUT2D eigenvalue weighted by atomic mass is 10.3. The number of rotatable bonds is 3. The zero-order chi connectivity index (χ0) is 12.1. The number of aromatic hydroxyl groups is 1. The monoisotopic (exact) mass is 225 g/mol. The maximum Gasteiger partial charge on any atom is 0.412 e. The van der Waals surface area contributed by atoms with Gasteiger partial charge in [0.2, 0.25) is 0 Å². The van der Waals surface area contributed by atoms with E-state index in [0.717, 1.165) is 0 Å². The fraction of sp³-hybridized carbons (Fsp3) is 0.364. The van der Waals surface area contributed by atoms with Crippen LogP contribution in [0.25, 0.3) is 0 Å². The minimum absolute atomic E-state index is 0.0555. The number of carbonyl (C=O) groups is 1. The topological polar surface area (TPSA) is 67.8 Å². The van der Waals surface area contributed by atoms with Crippen LogP contribution in [0.4, 0.5) is 4.79 Å². The van der Waals surface area contributed by atoms with Crippen LogP contribution in [0.1, 0.15) is 13.8 Å². The van der Waals surface area contributed by atoms with Crippen molar-refractivity contribution in [1.29, 1.82) is 0 Å². The zero-order valence-corrected chi connectivity index (χ0v) is 9.48. The quantitative estimate of drug-likeness (QED) is 0.824. The molecule has 0 heterocycles. The molecule has 0 aliphatic carbocycles. The Balaban J connectivity index is 2.93. The van der Waals surface area contributed by atoms with Gasteiger partial charge in [0.05, 0.1) is 6.10 Å². The van der Waals surface area contributed by atoms with Gasteiger partial charge < -0.3 is 19.9 Å². The summed E-state index contributed by atoms with van der Waals surface area (Å²) in [5, 5.41) is 11.6. The van der Waals surface area contributed by atoms with E-state index in [1.165, 1.54) is 25.2 Å². The third-order valence-corrected chi connectivity index (χ3v) is 1.70. The molecule has 1 aromatic rings. The summed E-state index contributed by atoms with van der Waals surface area (Å²) in [4.78, 5) is 11.1. The molecule has 0 saturated heterocycles. The first-order valence-corrected chi connectivity index (χ1v) is 4.92. The molecular weight excluding hydrogens is 210 g/mol. The predicted octanol–water partition coefficient (Wildman–Crippen LogP) is 1.90. The Morgan fingerprint density at radius 2 is 2.06 bits per heavy atom. The second-order valence-electron chi connectivity index (χ2n) is 3.44. The molecule has 0 radical (unpaired) electrons. The van der Waals surface area contributed by atoms with E-state index in [9.17, 15) is 9.90 Å². The summed E-state index contributed by atoms with van der Waals surface area (Å²) in [6.07, 6.45) is -0.659. The number of nitrogens with one attached hydrogen (secondary N) is 1. The average molecular weight is 225 g/mol. The second-order valence-corrected chi connectivity index (χ2v) is 3.44. The van der Waals surface area contributed by atoms with Gasteiger partial charge >= 0.3 is 6.09 Å². The molecule has 1 amide bonds. The summed E-state index contributed by atoms with van der Waals surface area (Å²) < 4.78 is 10.4. The summed E-state index contributed by atoms with van der Waals surface area (Å²) in [5.41, 5.74) is 0. The van der Waals surface area contributed by atoms with Crippen LogP contribution in [0.3, 0.4) is 0 Å². The van der Waals surface area contributed by atoms with Crippen LogP contribution in [0.5, 0.6) is 17.2 Å². The Morgan fingerprint density at radius 3 is 2.62 bits per heavy atom. The molecule has 0 unspecified atom stereocenters. The normalized spacial score (nSPS) is 10.0. The first-order chi connectivity index (χ1) is 7.52. The van der Waals surface area contributed by atoms with Crippen molar-refractivity contribution in [3.05, 3.63) is 18.2 Å². The zero-order valence-electron chi connectivity index (χ0n) is 9.48. The minimum atomic E-state index is -0.584. The van der Waals surface area contributed by atoms with E-state index < -0.39 is 6.09 Å². The summed E-state index contributed by atoms with van der Waals surface area (Å²) in [5.74, 6) is 0.657. The van der Waals surface area contributed by atoms with Crippen LogP contribution in [0, 0.1) is 0 Å². The van der Waals surface area contributed by atoms with E-state index in [4.69, 9.17) is 9.47 Å². The van der Waals surface area contributed by atoms with Crippen molar-refractivity contribution in [3.63, 3.8) is 0 Å². The predicted molar refractivity (Wildman–Crippen MR) is 59.0 cm³/mol. The number of amides is 1. The number of hydrogen-bond donors (Lipinski definition) is 2. The molecule has 2 N–H and O–H groups in total. The van der Waals surface area contributed by atoms with Crippen LogP contribution in [0.2, 0.25) is 0 Å². The SMILES string of the molecule is CNC(=O)Oc1ccc(O)cc1OC(C)C. The molecule has 5 heteroatoms. The fourth-order valence-corrected chi connectivity index (χ4v) is 1.08. The Morgan fingerprint density at radius 1 is 1.38 bits per heavy atom. The molecule has 16 heavy (non-hydrogen) atoms. The van der Waals surface area contributed by atoms with Gasteiger partial charge in [-0.1, -0.05) is 0 Å². The number of ether oxygens (including phenoxy) is 2. The number of hydrogen-bond acceptors (Lipinski definition) is 4. The Hall–Kier alpha value is -1.91. The molecule has 0 aliphatic heterocycles.